The highest BCUT2D eigenvalue weighted by molar-refractivity contribution is 5.49. The van der Waals surface area contributed by atoms with Crippen molar-refractivity contribution in [3.63, 3.8) is 0 Å². The molecule has 1 aromatic carbocycles. The molecule has 0 atom stereocenters. The molecule has 0 saturated heterocycles. The average Bonchev–Trinajstić information content (AvgIpc) is 2.24. The molecule has 0 aliphatic carbocycles. The normalized spacial score (nSPS) is 10.1. The Bertz CT molecular complexity index is 509. The monoisotopic (exact) mass is 214 g/mol. The maximum absolute atomic E-state index is 5.71. The Kier molecular flexibility index (Phi) is 2.77. The molecule has 0 spiro atoms. The van der Waals surface area contributed by atoms with Crippen LogP contribution in [-0.4, -0.2) is 4.98 Å². The Morgan fingerprint density at radius 3 is 2.69 bits per heavy atom. The van der Waals surface area contributed by atoms with E-state index in [0.29, 0.717) is 11.6 Å². The van der Waals surface area contributed by atoms with E-state index in [4.69, 9.17) is 10.5 Å². The van der Waals surface area contributed by atoms with Crippen molar-refractivity contribution < 1.29 is 4.74 Å². The molecule has 0 saturated carbocycles. The first-order valence-electron chi connectivity index (χ1n) is 5.12. The SMILES string of the molecule is Cc1ccnc(Oc2cc(N)ccc2C)c1. The van der Waals surface area contributed by atoms with E-state index in [1.807, 2.05) is 38.1 Å². The topological polar surface area (TPSA) is 48.1 Å². The number of anilines is 1. The fourth-order valence-electron chi connectivity index (χ4n) is 1.40. The molecule has 0 radical (unpaired) electrons. The second kappa shape index (κ2) is 4.23. The van der Waals surface area contributed by atoms with Gasteiger partial charge in [-0.1, -0.05) is 6.07 Å². The Morgan fingerprint density at radius 2 is 1.94 bits per heavy atom. The smallest absolute Gasteiger partial charge is 0.219 e. The number of nitrogens with zero attached hydrogens (tertiary/aromatic N) is 1. The first-order chi connectivity index (χ1) is 7.65. The van der Waals surface area contributed by atoms with Crippen molar-refractivity contribution in [3.05, 3.63) is 47.7 Å². The van der Waals surface area contributed by atoms with Crippen molar-refractivity contribution in [1.29, 1.82) is 0 Å². The van der Waals surface area contributed by atoms with Gasteiger partial charge in [-0.3, -0.25) is 0 Å². The van der Waals surface area contributed by atoms with E-state index in [0.717, 1.165) is 16.9 Å². The molecule has 0 aliphatic rings. The van der Waals surface area contributed by atoms with Crippen molar-refractivity contribution in [2.75, 3.05) is 5.73 Å². The van der Waals surface area contributed by atoms with Gasteiger partial charge in [-0.2, -0.15) is 0 Å². The number of hydrogen-bond acceptors (Lipinski definition) is 3. The van der Waals surface area contributed by atoms with Crippen LogP contribution in [0.3, 0.4) is 0 Å². The van der Waals surface area contributed by atoms with Crippen LogP contribution in [0.4, 0.5) is 5.69 Å². The molecule has 0 aliphatic heterocycles. The molecule has 1 aromatic heterocycles. The molecule has 3 heteroatoms. The van der Waals surface area contributed by atoms with Gasteiger partial charge in [0.15, 0.2) is 0 Å². The highest BCUT2D eigenvalue weighted by Crippen LogP contribution is 2.25. The van der Waals surface area contributed by atoms with Gasteiger partial charge in [-0.15, -0.1) is 0 Å². The van der Waals surface area contributed by atoms with E-state index in [1.165, 1.54) is 0 Å². The predicted molar refractivity (Wildman–Crippen MR) is 64.6 cm³/mol. The summed E-state index contributed by atoms with van der Waals surface area (Å²) in [4.78, 5) is 4.14. The molecule has 0 fully saturated rings. The molecule has 0 bridgehead atoms. The van der Waals surface area contributed by atoms with Crippen molar-refractivity contribution in [2.24, 2.45) is 0 Å². The zero-order valence-electron chi connectivity index (χ0n) is 9.40. The van der Waals surface area contributed by atoms with E-state index in [9.17, 15) is 0 Å². The van der Waals surface area contributed by atoms with E-state index in [1.54, 1.807) is 12.3 Å². The van der Waals surface area contributed by atoms with Gasteiger partial charge in [-0.05, 0) is 37.1 Å². The van der Waals surface area contributed by atoms with Crippen LogP contribution in [0.25, 0.3) is 0 Å². The summed E-state index contributed by atoms with van der Waals surface area (Å²) in [7, 11) is 0. The Labute approximate surface area is 94.9 Å². The molecule has 16 heavy (non-hydrogen) atoms. The maximum Gasteiger partial charge on any atom is 0.219 e. The first-order valence-corrected chi connectivity index (χ1v) is 5.12. The zero-order chi connectivity index (χ0) is 11.5. The molecular weight excluding hydrogens is 200 g/mol. The molecule has 2 rings (SSSR count). The first kappa shape index (κ1) is 10.5. The summed E-state index contributed by atoms with van der Waals surface area (Å²) in [5.74, 6) is 1.34. The summed E-state index contributed by atoms with van der Waals surface area (Å²) >= 11 is 0. The number of ether oxygens (including phenoxy) is 1. The summed E-state index contributed by atoms with van der Waals surface area (Å²) in [6, 6.07) is 9.41. The van der Waals surface area contributed by atoms with Crippen molar-refractivity contribution >= 4 is 5.69 Å². The second-order valence-electron chi connectivity index (χ2n) is 3.80. The van der Waals surface area contributed by atoms with Gasteiger partial charge in [0.05, 0.1) is 0 Å². The Balaban J connectivity index is 2.30. The van der Waals surface area contributed by atoms with Crippen LogP contribution in [-0.2, 0) is 0 Å². The average molecular weight is 214 g/mol. The van der Waals surface area contributed by atoms with Crippen molar-refractivity contribution in [1.82, 2.24) is 4.98 Å². The van der Waals surface area contributed by atoms with Gasteiger partial charge in [0, 0.05) is 24.0 Å². The number of nitrogens with two attached hydrogens (primary N) is 1. The number of rotatable bonds is 2. The molecule has 0 amide bonds. The van der Waals surface area contributed by atoms with E-state index in [2.05, 4.69) is 4.98 Å². The third kappa shape index (κ3) is 2.31. The van der Waals surface area contributed by atoms with Crippen LogP contribution < -0.4 is 10.5 Å². The van der Waals surface area contributed by atoms with Crippen LogP contribution in [0, 0.1) is 13.8 Å². The lowest BCUT2D eigenvalue weighted by molar-refractivity contribution is 0.459. The minimum atomic E-state index is 0.591. The summed E-state index contributed by atoms with van der Waals surface area (Å²) < 4.78 is 5.68. The van der Waals surface area contributed by atoms with Gasteiger partial charge in [0.25, 0.3) is 0 Å². The van der Waals surface area contributed by atoms with Crippen LogP contribution in [0.2, 0.25) is 0 Å². The molecule has 82 valence electrons. The van der Waals surface area contributed by atoms with Crippen molar-refractivity contribution in [2.45, 2.75) is 13.8 Å². The molecule has 0 unspecified atom stereocenters. The Hall–Kier alpha value is -2.03. The van der Waals surface area contributed by atoms with E-state index >= 15 is 0 Å². The predicted octanol–water partition coefficient (Wildman–Crippen LogP) is 3.07. The fourth-order valence-corrected chi connectivity index (χ4v) is 1.40. The highest BCUT2D eigenvalue weighted by Gasteiger charge is 2.03. The summed E-state index contributed by atoms with van der Waals surface area (Å²) in [6.45, 7) is 3.98. The standard InChI is InChI=1S/C13H14N2O/c1-9-5-6-15-13(7-9)16-12-8-11(14)4-3-10(12)2/h3-8H,14H2,1-2H3. The van der Waals surface area contributed by atoms with E-state index in [-0.39, 0.29) is 0 Å². The minimum absolute atomic E-state index is 0.591. The largest absolute Gasteiger partial charge is 0.439 e. The third-order valence-corrected chi connectivity index (χ3v) is 2.32. The molecule has 2 aromatic rings. The number of aromatic nitrogens is 1. The van der Waals surface area contributed by atoms with Crippen LogP contribution in [0.15, 0.2) is 36.5 Å². The van der Waals surface area contributed by atoms with Gasteiger partial charge in [-0.25, -0.2) is 4.98 Å². The van der Waals surface area contributed by atoms with E-state index < -0.39 is 0 Å². The van der Waals surface area contributed by atoms with Crippen LogP contribution in [0.5, 0.6) is 11.6 Å². The number of aryl methyl sites for hydroxylation is 2. The van der Waals surface area contributed by atoms with Gasteiger partial charge >= 0.3 is 0 Å². The van der Waals surface area contributed by atoms with Crippen molar-refractivity contribution in [3.8, 4) is 11.6 Å². The highest BCUT2D eigenvalue weighted by atomic mass is 16.5. The zero-order valence-corrected chi connectivity index (χ0v) is 9.40. The minimum Gasteiger partial charge on any atom is -0.439 e. The quantitative estimate of drug-likeness (QED) is 0.781. The summed E-state index contributed by atoms with van der Waals surface area (Å²) in [5, 5.41) is 0. The number of benzene rings is 1. The van der Waals surface area contributed by atoms with Gasteiger partial charge < -0.3 is 10.5 Å². The second-order valence-corrected chi connectivity index (χ2v) is 3.80. The number of nitrogen functional groups attached to an aromatic ring is 1. The molecule has 1 heterocycles. The number of pyridine rings is 1. The summed E-state index contributed by atoms with van der Waals surface area (Å²) in [6.07, 6.45) is 1.73. The maximum atomic E-state index is 5.71. The third-order valence-electron chi connectivity index (χ3n) is 2.32. The van der Waals surface area contributed by atoms with Crippen LogP contribution >= 0.6 is 0 Å². The summed E-state index contributed by atoms with van der Waals surface area (Å²) in [5.41, 5.74) is 8.56. The van der Waals surface area contributed by atoms with Crippen LogP contribution in [0.1, 0.15) is 11.1 Å². The Morgan fingerprint density at radius 1 is 1.12 bits per heavy atom. The molecular formula is C13H14N2O. The number of hydrogen-bond donors (Lipinski definition) is 1. The van der Waals surface area contributed by atoms with Gasteiger partial charge in [0.2, 0.25) is 5.88 Å². The lowest BCUT2D eigenvalue weighted by Crippen LogP contribution is -1.92. The molecule has 2 N–H and O–H groups in total. The van der Waals surface area contributed by atoms with Gasteiger partial charge in [0.1, 0.15) is 5.75 Å². The lowest BCUT2D eigenvalue weighted by atomic mass is 10.2. The fraction of sp³-hybridized carbons (Fsp3) is 0.154. The molecule has 3 nitrogen and oxygen atoms in total. The lowest BCUT2D eigenvalue weighted by Gasteiger charge is -2.08.